The zero-order valence-electron chi connectivity index (χ0n) is 15.7. The van der Waals surface area contributed by atoms with Gasteiger partial charge in [-0.1, -0.05) is 58.2 Å². The maximum atomic E-state index is 12.0. The molecule has 0 amide bonds. The summed E-state index contributed by atoms with van der Waals surface area (Å²) in [7, 11) is 2.63. The van der Waals surface area contributed by atoms with Crippen molar-refractivity contribution in [2.45, 2.75) is 13.5 Å². The van der Waals surface area contributed by atoms with Gasteiger partial charge in [0.2, 0.25) is 0 Å². The number of carbonyl (C=O) groups is 1. The van der Waals surface area contributed by atoms with Gasteiger partial charge in [-0.25, -0.2) is 4.79 Å². The SMILES string of the molecule is CO/N=C(/C(=O)OC)c1ccccc1CO/N=C(\C)C#Cc1cccc(Cl)c1. The number of carbonyl (C=O) groups excluding carboxylic acids is 1. The molecule has 2 aromatic carbocycles. The molecule has 0 aromatic heterocycles. The summed E-state index contributed by atoms with van der Waals surface area (Å²) in [6.45, 7) is 1.85. The predicted molar refractivity (Wildman–Crippen MR) is 108 cm³/mol. The van der Waals surface area contributed by atoms with E-state index in [4.69, 9.17) is 26.0 Å². The molecule has 144 valence electrons. The lowest BCUT2D eigenvalue weighted by molar-refractivity contribution is -0.132. The molecule has 28 heavy (non-hydrogen) atoms. The zero-order chi connectivity index (χ0) is 20.4. The first-order chi connectivity index (χ1) is 13.5. The molecule has 0 aliphatic carbocycles. The third-order valence-corrected chi connectivity index (χ3v) is 3.70. The Morgan fingerprint density at radius 2 is 1.89 bits per heavy atom. The number of nitrogens with zero attached hydrogens (tertiary/aromatic N) is 2. The van der Waals surface area contributed by atoms with E-state index in [1.807, 2.05) is 18.2 Å². The summed E-state index contributed by atoms with van der Waals surface area (Å²) in [6, 6.07) is 14.3. The fourth-order valence-electron chi connectivity index (χ4n) is 2.21. The van der Waals surface area contributed by atoms with Crippen molar-refractivity contribution >= 4 is 29.0 Å². The smallest absolute Gasteiger partial charge is 0.360 e. The number of hydrogen-bond acceptors (Lipinski definition) is 6. The van der Waals surface area contributed by atoms with E-state index in [0.717, 1.165) is 5.56 Å². The third-order valence-electron chi connectivity index (χ3n) is 3.47. The Kier molecular flexibility index (Phi) is 8.07. The molecule has 7 heteroatoms. The lowest BCUT2D eigenvalue weighted by Crippen LogP contribution is -2.19. The number of methoxy groups -OCH3 is 1. The van der Waals surface area contributed by atoms with Gasteiger partial charge in [-0.3, -0.25) is 0 Å². The van der Waals surface area contributed by atoms with E-state index in [2.05, 4.69) is 22.2 Å². The van der Waals surface area contributed by atoms with Crippen molar-refractivity contribution < 1.29 is 19.2 Å². The fourth-order valence-corrected chi connectivity index (χ4v) is 2.40. The highest BCUT2D eigenvalue weighted by molar-refractivity contribution is 6.43. The molecule has 0 radical (unpaired) electrons. The van der Waals surface area contributed by atoms with Gasteiger partial charge in [0.25, 0.3) is 0 Å². The first-order valence-electron chi connectivity index (χ1n) is 8.27. The molecule has 0 aliphatic rings. The zero-order valence-corrected chi connectivity index (χ0v) is 16.5. The molecule has 0 saturated heterocycles. The van der Waals surface area contributed by atoms with Crippen molar-refractivity contribution in [2.24, 2.45) is 10.3 Å². The molecule has 0 spiro atoms. The number of ether oxygens (including phenoxy) is 1. The van der Waals surface area contributed by atoms with Crippen LogP contribution in [-0.4, -0.2) is 31.6 Å². The predicted octanol–water partition coefficient (Wildman–Crippen LogP) is 3.81. The van der Waals surface area contributed by atoms with Gasteiger partial charge in [-0.2, -0.15) is 0 Å². The Morgan fingerprint density at radius 3 is 2.61 bits per heavy atom. The molecule has 2 aromatic rings. The number of esters is 1. The van der Waals surface area contributed by atoms with E-state index in [1.165, 1.54) is 14.2 Å². The van der Waals surface area contributed by atoms with E-state index >= 15 is 0 Å². The van der Waals surface area contributed by atoms with E-state index < -0.39 is 5.97 Å². The second-order valence-corrected chi connectivity index (χ2v) is 5.92. The Labute approximate surface area is 168 Å². The minimum absolute atomic E-state index is 0.0469. The van der Waals surface area contributed by atoms with Crippen LogP contribution in [0.3, 0.4) is 0 Å². The third kappa shape index (κ3) is 6.15. The van der Waals surface area contributed by atoms with Crippen LogP contribution in [0, 0.1) is 11.8 Å². The van der Waals surface area contributed by atoms with Crippen LogP contribution >= 0.6 is 11.6 Å². The van der Waals surface area contributed by atoms with Crippen LogP contribution in [0.4, 0.5) is 0 Å². The molecule has 0 N–H and O–H groups in total. The number of oxime groups is 2. The molecule has 0 heterocycles. The normalized spacial score (nSPS) is 11.3. The number of halogens is 1. The van der Waals surface area contributed by atoms with Gasteiger partial charge in [-0.05, 0) is 31.0 Å². The number of hydrogen-bond donors (Lipinski definition) is 0. The molecule has 0 atom stereocenters. The van der Waals surface area contributed by atoms with Crippen LogP contribution in [0.15, 0.2) is 58.8 Å². The Hall–Kier alpha value is -3.30. The van der Waals surface area contributed by atoms with Crippen LogP contribution in [0.2, 0.25) is 5.02 Å². The molecule has 2 rings (SSSR count). The first kappa shape index (κ1) is 21.0. The second kappa shape index (κ2) is 10.8. The van der Waals surface area contributed by atoms with Crippen molar-refractivity contribution in [1.29, 1.82) is 0 Å². The van der Waals surface area contributed by atoms with Gasteiger partial charge in [0.1, 0.15) is 19.4 Å². The first-order valence-corrected chi connectivity index (χ1v) is 8.64. The summed E-state index contributed by atoms with van der Waals surface area (Å²) in [6.07, 6.45) is 0. The number of rotatable bonds is 6. The highest BCUT2D eigenvalue weighted by Crippen LogP contribution is 2.13. The van der Waals surface area contributed by atoms with E-state index in [0.29, 0.717) is 21.9 Å². The lowest BCUT2D eigenvalue weighted by atomic mass is 10.0. The summed E-state index contributed by atoms with van der Waals surface area (Å²) >= 11 is 5.93. The van der Waals surface area contributed by atoms with Gasteiger partial charge in [0.15, 0.2) is 5.71 Å². The average Bonchev–Trinajstić information content (AvgIpc) is 2.70. The summed E-state index contributed by atoms with van der Waals surface area (Å²) in [4.78, 5) is 22.1. The fraction of sp³-hybridized carbons (Fsp3) is 0.190. The highest BCUT2D eigenvalue weighted by atomic mass is 35.5. The summed E-state index contributed by atoms with van der Waals surface area (Å²) < 4.78 is 4.75. The van der Waals surface area contributed by atoms with Crippen molar-refractivity contribution in [1.82, 2.24) is 0 Å². The van der Waals surface area contributed by atoms with Crippen molar-refractivity contribution in [2.75, 3.05) is 14.2 Å². The maximum absolute atomic E-state index is 12.0. The van der Waals surface area contributed by atoms with Crippen molar-refractivity contribution in [3.8, 4) is 11.8 Å². The molecule has 0 bridgehead atoms. The minimum Gasteiger partial charge on any atom is -0.464 e. The topological polar surface area (TPSA) is 69.5 Å². The van der Waals surface area contributed by atoms with Gasteiger partial charge < -0.3 is 14.4 Å². The Balaban J connectivity index is 2.12. The average molecular weight is 399 g/mol. The monoisotopic (exact) mass is 398 g/mol. The van der Waals surface area contributed by atoms with Crippen LogP contribution in [0.5, 0.6) is 0 Å². The van der Waals surface area contributed by atoms with E-state index in [1.54, 1.807) is 37.3 Å². The van der Waals surface area contributed by atoms with Crippen molar-refractivity contribution in [3.05, 3.63) is 70.2 Å². The molecular weight excluding hydrogens is 380 g/mol. The van der Waals surface area contributed by atoms with Gasteiger partial charge in [0.05, 0.1) is 7.11 Å². The Bertz CT molecular complexity index is 958. The molecule has 0 unspecified atom stereocenters. The van der Waals surface area contributed by atoms with Gasteiger partial charge in [-0.15, -0.1) is 0 Å². The molecule has 0 saturated carbocycles. The minimum atomic E-state index is -0.610. The molecule has 0 aliphatic heterocycles. The lowest BCUT2D eigenvalue weighted by Gasteiger charge is -2.09. The highest BCUT2D eigenvalue weighted by Gasteiger charge is 2.19. The van der Waals surface area contributed by atoms with Crippen LogP contribution < -0.4 is 0 Å². The van der Waals surface area contributed by atoms with Crippen LogP contribution in [-0.2, 0) is 25.8 Å². The van der Waals surface area contributed by atoms with Crippen LogP contribution in [0.1, 0.15) is 23.6 Å². The largest absolute Gasteiger partial charge is 0.464 e. The van der Waals surface area contributed by atoms with E-state index in [9.17, 15) is 4.79 Å². The van der Waals surface area contributed by atoms with Gasteiger partial charge in [0, 0.05) is 21.7 Å². The quantitative estimate of drug-likeness (QED) is 0.321. The molecule has 0 fully saturated rings. The van der Waals surface area contributed by atoms with Crippen molar-refractivity contribution in [3.63, 3.8) is 0 Å². The summed E-state index contributed by atoms with van der Waals surface area (Å²) in [5, 5.41) is 8.37. The summed E-state index contributed by atoms with van der Waals surface area (Å²) in [5.41, 5.74) is 2.56. The standard InChI is InChI=1S/C21H19ClN2O4/c1-15(11-12-16-7-6-9-18(22)13-16)23-28-14-17-8-4-5-10-19(17)20(24-27-3)21(25)26-2/h4-10,13H,14H2,1-3H3/b23-15+,24-20+. The summed E-state index contributed by atoms with van der Waals surface area (Å²) in [5.74, 6) is 5.25. The maximum Gasteiger partial charge on any atom is 0.360 e. The molecule has 6 nitrogen and oxygen atoms in total. The molecular formula is C21H19ClN2O4. The second-order valence-electron chi connectivity index (χ2n) is 5.48. The Morgan fingerprint density at radius 1 is 1.11 bits per heavy atom. The van der Waals surface area contributed by atoms with E-state index in [-0.39, 0.29) is 12.3 Å². The van der Waals surface area contributed by atoms with Gasteiger partial charge >= 0.3 is 5.97 Å². The number of benzene rings is 2. The van der Waals surface area contributed by atoms with Crippen LogP contribution in [0.25, 0.3) is 0 Å².